The molecule has 0 amide bonds. The number of nitrogens with one attached hydrogen (secondary N) is 1. The zero-order valence-electron chi connectivity index (χ0n) is 12.0. The van der Waals surface area contributed by atoms with Gasteiger partial charge in [0.15, 0.2) is 5.17 Å². The predicted molar refractivity (Wildman–Crippen MR) is 80.4 cm³/mol. The molecule has 0 bridgehead atoms. The fraction of sp³-hybridized carbons (Fsp3) is 0.923. The van der Waals surface area contributed by atoms with Gasteiger partial charge in [-0.2, -0.15) is 0 Å². The lowest BCUT2D eigenvalue weighted by Gasteiger charge is -2.37. The van der Waals surface area contributed by atoms with Gasteiger partial charge in [0.1, 0.15) is 0 Å². The number of piperazine rings is 1. The lowest BCUT2D eigenvalue weighted by molar-refractivity contribution is 0.116. The third-order valence-corrected chi connectivity index (χ3v) is 5.38. The molecule has 2 atom stereocenters. The Morgan fingerprint density at radius 2 is 2.17 bits per heavy atom. The summed E-state index contributed by atoms with van der Waals surface area (Å²) in [5.74, 6) is 0.710. The lowest BCUT2D eigenvalue weighted by Crippen LogP contribution is -2.54. The Labute approximate surface area is 115 Å². The van der Waals surface area contributed by atoms with Crippen LogP contribution in [0.2, 0.25) is 0 Å². The van der Waals surface area contributed by atoms with Gasteiger partial charge in [-0.05, 0) is 20.0 Å². The van der Waals surface area contributed by atoms with E-state index in [2.05, 4.69) is 48.1 Å². The van der Waals surface area contributed by atoms with Crippen LogP contribution in [0.1, 0.15) is 13.8 Å². The van der Waals surface area contributed by atoms with Crippen LogP contribution in [0, 0.1) is 5.92 Å². The van der Waals surface area contributed by atoms with Crippen LogP contribution in [0.25, 0.3) is 0 Å². The molecule has 2 aliphatic heterocycles. The smallest absolute Gasteiger partial charge is 0.156 e. The number of rotatable bonds is 3. The van der Waals surface area contributed by atoms with Gasteiger partial charge in [-0.15, -0.1) is 0 Å². The molecule has 0 saturated carbocycles. The summed E-state index contributed by atoms with van der Waals surface area (Å²) in [6.45, 7) is 10.0. The first-order chi connectivity index (χ1) is 8.56. The summed E-state index contributed by atoms with van der Waals surface area (Å²) < 4.78 is 0. The molecular formula is C13H26N4S. The van der Waals surface area contributed by atoms with Crippen LogP contribution in [-0.2, 0) is 0 Å². The first kappa shape index (κ1) is 14.2. The van der Waals surface area contributed by atoms with Crippen molar-refractivity contribution in [3.8, 4) is 0 Å². The average molecular weight is 270 g/mol. The van der Waals surface area contributed by atoms with E-state index < -0.39 is 0 Å². The minimum Gasteiger partial charge on any atom is -0.363 e. The minimum absolute atomic E-state index is 0.602. The highest BCUT2D eigenvalue weighted by molar-refractivity contribution is 8.14. The number of hydrogen-bond donors (Lipinski definition) is 1. The molecule has 18 heavy (non-hydrogen) atoms. The molecule has 4 nitrogen and oxygen atoms in total. The van der Waals surface area contributed by atoms with Crippen LogP contribution in [0.4, 0.5) is 0 Å². The molecule has 1 fully saturated rings. The second kappa shape index (κ2) is 6.26. The molecule has 2 aliphatic rings. The van der Waals surface area contributed by atoms with Crippen molar-refractivity contribution in [2.45, 2.75) is 25.1 Å². The molecule has 2 heterocycles. The largest absolute Gasteiger partial charge is 0.363 e. The maximum atomic E-state index is 4.60. The summed E-state index contributed by atoms with van der Waals surface area (Å²) in [4.78, 5) is 9.46. The summed E-state index contributed by atoms with van der Waals surface area (Å²) in [6, 6.07) is 0.602. The molecule has 0 aromatic heterocycles. The molecular weight excluding hydrogens is 244 g/mol. The Hall–Kier alpha value is -0.260. The second-order valence-electron chi connectivity index (χ2n) is 5.82. The van der Waals surface area contributed by atoms with Crippen LogP contribution >= 0.6 is 11.8 Å². The average Bonchev–Trinajstić information content (AvgIpc) is 2.79. The lowest BCUT2D eigenvalue weighted by atomic mass is 10.1. The zero-order valence-corrected chi connectivity index (χ0v) is 12.8. The fourth-order valence-electron chi connectivity index (χ4n) is 2.36. The molecule has 0 aromatic rings. The summed E-state index contributed by atoms with van der Waals surface area (Å²) in [5, 5.41) is 5.35. The van der Waals surface area contributed by atoms with E-state index >= 15 is 0 Å². The van der Waals surface area contributed by atoms with Gasteiger partial charge < -0.3 is 10.2 Å². The third-order valence-electron chi connectivity index (χ3n) is 3.89. The van der Waals surface area contributed by atoms with E-state index in [9.17, 15) is 0 Å². The van der Waals surface area contributed by atoms with Gasteiger partial charge in [-0.25, -0.2) is 0 Å². The van der Waals surface area contributed by atoms with Gasteiger partial charge >= 0.3 is 0 Å². The molecule has 0 radical (unpaired) electrons. The summed E-state index contributed by atoms with van der Waals surface area (Å²) in [7, 11) is 4.43. The van der Waals surface area contributed by atoms with Gasteiger partial charge in [0.05, 0.1) is 6.54 Å². The SMILES string of the molecule is CC(C)C1CN=C(NCC2CN(C)CCN2C)S1. The van der Waals surface area contributed by atoms with Crippen LogP contribution in [0.5, 0.6) is 0 Å². The standard InChI is InChI=1S/C13H26N4S/c1-10(2)12-8-15-13(18-12)14-7-11-9-16(3)5-6-17(11)4/h10-12H,5-9H2,1-4H3,(H,14,15). The molecule has 0 spiro atoms. The molecule has 2 unspecified atom stereocenters. The maximum Gasteiger partial charge on any atom is 0.156 e. The Kier molecular flexibility index (Phi) is 4.92. The topological polar surface area (TPSA) is 30.9 Å². The first-order valence-corrected chi connectivity index (χ1v) is 7.78. The van der Waals surface area contributed by atoms with E-state index in [1.807, 2.05) is 11.8 Å². The highest BCUT2D eigenvalue weighted by Gasteiger charge is 2.25. The van der Waals surface area contributed by atoms with Gasteiger partial charge in [-0.1, -0.05) is 25.6 Å². The molecule has 2 rings (SSSR count). The molecule has 0 aliphatic carbocycles. The van der Waals surface area contributed by atoms with Crippen molar-refractivity contribution in [3.63, 3.8) is 0 Å². The van der Waals surface area contributed by atoms with E-state index in [0.29, 0.717) is 17.2 Å². The molecule has 1 N–H and O–H groups in total. The Morgan fingerprint density at radius 3 is 2.83 bits per heavy atom. The molecule has 104 valence electrons. The highest BCUT2D eigenvalue weighted by atomic mass is 32.2. The Balaban J connectivity index is 1.75. The third kappa shape index (κ3) is 3.62. The number of amidine groups is 1. The van der Waals surface area contributed by atoms with Gasteiger partial charge in [-0.3, -0.25) is 9.89 Å². The quantitative estimate of drug-likeness (QED) is 0.827. The van der Waals surface area contributed by atoms with Crippen molar-refractivity contribution in [2.24, 2.45) is 10.9 Å². The van der Waals surface area contributed by atoms with Crippen LogP contribution < -0.4 is 5.32 Å². The van der Waals surface area contributed by atoms with E-state index in [1.54, 1.807) is 0 Å². The normalized spacial score (nSPS) is 30.8. The van der Waals surface area contributed by atoms with Gasteiger partial charge in [0, 0.05) is 37.5 Å². The number of likely N-dealkylation sites (N-methyl/N-ethyl adjacent to an activating group) is 2. The van der Waals surface area contributed by atoms with Crippen molar-refractivity contribution in [1.29, 1.82) is 0 Å². The number of hydrogen-bond acceptors (Lipinski definition) is 5. The monoisotopic (exact) mass is 270 g/mol. The van der Waals surface area contributed by atoms with Crippen LogP contribution in [-0.4, -0.2) is 73.1 Å². The molecule has 0 aromatic carbocycles. The minimum atomic E-state index is 0.602. The highest BCUT2D eigenvalue weighted by Crippen LogP contribution is 2.25. The molecule has 5 heteroatoms. The number of aliphatic imine (C=N–C) groups is 1. The Bertz CT molecular complexity index is 305. The van der Waals surface area contributed by atoms with E-state index in [-0.39, 0.29) is 0 Å². The van der Waals surface area contributed by atoms with Gasteiger partial charge in [0.25, 0.3) is 0 Å². The van der Waals surface area contributed by atoms with E-state index in [1.165, 1.54) is 6.54 Å². The second-order valence-corrected chi connectivity index (χ2v) is 7.05. The van der Waals surface area contributed by atoms with Crippen molar-refractivity contribution in [1.82, 2.24) is 15.1 Å². The van der Waals surface area contributed by atoms with Crippen molar-refractivity contribution < 1.29 is 0 Å². The van der Waals surface area contributed by atoms with Crippen molar-refractivity contribution in [3.05, 3.63) is 0 Å². The Morgan fingerprint density at radius 1 is 1.39 bits per heavy atom. The summed E-state index contributed by atoms with van der Waals surface area (Å²) in [5.41, 5.74) is 0. The number of thioether (sulfide) groups is 1. The van der Waals surface area contributed by atoms with Gasteiger partial charge in [0.2, 0.25) is 0 Å². The maximum absolute atomic E-state index is 4.60. The zero-order chi connectivity index (χ0) is 13.1. The van der Waals surface area contributed by atoms with Crippen LogP contribution in [0.3, 0.4) is 0 Å². The fourth-order valence-corrected chi connectivity index (χ4v) is 3.39. The molecule has 1 saturated heterocycles. The summed E-state index contributed by atoms with van der Waals surface area (Å²) >= 11 is 1.92. The number of nitrogens with zero attached hydrogens (tertiary/aromatic N) is 3. The first-order valence-electron chi connectivity index (χ1n) is 6.90. The summed E-state index contributed by atoms with van der Waals surface area (Å²) in [6.07, 6.45) is 0. The predicted octanol–water partition coefficient (Wildman–Crippen LogP) is 0.949. The van der Waals surface area contributed by atoms with Crippen molar-refractivity contribution in [2.75, 3.05) is 46.8 Å². The van der Waals surface area contributed by atoms with Crippen LogP contribution in [0.15, 0.2) is 4.99 Å². The van der Waals surface area contributed by atoms with E-state index in [0.717, 1.165) is 31.3 Å². The van der Waals surface area contributed by atoms with Crippen molar-refractivity contribution >= 4 is 16.9 Å². The van der Waals surface area contributed by atoms with E-state index in [4.69, 9.17) is 0 Å².